The van der Waals surface area contributed by atoms with Crippen LogP contribution in [0.5, 0.6) is 0 Å². The molecule has 9 heteroatoms. The number of nitrogens with two attached hydrogens (primary N) is 1. The summed E-state index contributed by atoms with van der Waals surface area (Å²) < 4.78 is 29.0. The van der Waals surface area contributed by atoms with Gasteiger partial charge in [-0.15, -0.1) is 0 Å². The highest BCUT2D eigenvalue weighted by atomic mass is 19.1. The zero-order chi connectivity index (χ0) is 19.0. The molecule has 2 heterocycles. The molecule has 0 radical (unpaired) electrons. The number of rotatable bonds is 3. The molecule has 132 valence electrons. The van der Waals surface area contributed by atoms with Crippen LogP contribution in [0.4, 0.5) is 14.6 Å². The number of nitrogen functional groups attached to an aromatic ring is 1. The van der Waals surface area contributed by atoms with E-state index >= 15 is 0 Å². The van der Waals surface area contributed by atoms with Gasteiger partial charge in [-0.1, -0.05) is 0 Å². The molecular formula is C18H11F2N7. The van der Waals surface area contributed by atoms with E-state index in [0.29, 0.717) is 22.4 Å². The van der Waals surface area contributed by atoms with Crippen molar-refractivity contribution in [1.82, 2.24) is 19.5 Å². The van der Waals surface area contributed by atoms with Gasteiger partial charge >= 0.3 is 0 Å². The first-order valence-electron chi connectivity index (χ1n) is 7.78. The molecule has 4 rings (SSSR count). The van der Waals surface area contributed by atoms with Crippen LogP contribution < -0.4 is 11.3 Å². The fourth-order valence-electron chi connectivity index (χ4n) is 2.68. The molecule has 0 atom stereocenters. The van der Waals surface area contributed by atoms with Gasteiger partial charge in [0, 0.05) is 11.8 Å². The first-order valence-corrected chi connectivity index (χ1v) is 7.78. The highest BCUT2D eigenvalue weighted by Crippen LogP contribution is 2.27. The highest BCUT2D eigenvalue weighted by Gasteiger charge is 2.17. The van der Waals surface area contributed by atoms with Crippen molar-refractivity contribution in [2.45, 2.75) is 0 Å². The molecule has 4 aromatic rings. The third kappa shape index (κ3) is 2.84. The number of nitrogens with zero attached hydrogens (tertiary/aromatic N) is 5. The molecule has 3 N–H and O–H groups in total. The van der Waals surface area contributed by atoms with Crippen molar-refractivity contribution in [3.8, 4) is 23.1 Å². The van der Waals surface area contributed by atoms with Gasteiger partial charge in [0.2, 0.25) is 0 Å². The minimum Gasteiger partial charge on any atom is -0.306 e. The van der Waals surface area contributed by atoms with Crippen LogP contribution in [0.3, 0.4) is 0 Å². The van der Waals surface area contributed by atoms with E-state index in [0.717, 1.165) is 12.1 Å². The monoisotopic (exact) mass is 363 g/mol. The fourth-order valence-corrected chi connectivity index (χ4v) is 2.68. The third-order valence-corrected chi connectivity index (χ3v) is 3.98. The van der Waals surface area contributed by atoms with Crippen LogP contribution in [-0.2, 0) is 0 Å². The molecule has 0 amide bonds. The van der Waals surface area contributed by atoms with Gasteiger partial charge in [0.25, 0.3) is 0 Å². The largest absolute Gasteiger partial charge is 0.306 e. The number of anilines is 1. The Balaban J connectivity index is 1.94. The van der Waals surface area contributed by atoms with Crippen LogP contribution >= 0.6 is 0 Å². The quantitative estimate of drug-likeness (QED) is 0.428. The average Bonchev–Trinajstić information content (AvgIpc) is 3.11. The Morgan fingerprint density at radius 1 is 1.07 bits per heavy atom. The van der Waals surface area contributed by atoms with E-state index < -0.39 is 11.6 Å². The third-order valence-electron chi connectivity index (χ3n) is 3.98. The lowest BCUT2D eigenvalue weighted by molar-refractivity contribution is 0.585. The molecule has 2 aromatic heterocycles. The van der Waals surface area contributed by atoms with Crippen molar-refractivity contribution in [1.29, 1.82) is 5.26 Å². The number of hydrogen-bond donors (Lipinski definition) is 2. The number of nitriles is 1. The predicted octanol–water partition coefficient (Wildman–Crippen LogP) is 2.92. The summed E-state index contributed by atoms with van der Waals surface area (Å²) in [4.78, 5) is 12.8. The summed E-state index contributed by atoms with van der Waals surface area (Å²) >= 11 is 0. The second kappa shape index (κ2) is 6.44. The highest BCUT2D eigenvalue weighted by molar-refractivity contribution is 5.86. The van der Waals surface area contributed by atoms with E-state index in [2.05, 4.69) is 20.4 Å². The van der Waals surface area contributed by atoms with Gasteiger partial charge in [-0.3, -0.25) is 4.57 Å². The summed E-state index contributed by atoms with van der Waals surface area (Å²) in [5, 5.41) is 8.93. The standard InChI is InChI=1S/C18H11F2N7/c19-11-3-6-13(14(20)7-11)16-24-17(26-22)15-18(25-16)27(9-23-15)12-4-1-10(8-21)2-5-12/h1-7,9H,22H2,(H,24,25,26). The number of fused-ring (bicyclic) bond motifs is 1. The lowest BCUT2D eigenvalue weighted by Gasteiger charge is -2.08. The van der Waals surface area contributed by atoms with E-state index in [9.17, 15) is 8.78 Å². The maximum absolute atomic E-state index is 14.2. The van der Waals surface area contributed by atoms with Crippen molar-refractivity contribution in [2.24, 2.45) is 5.84 Å². The number of hydrazine groups is 1. The van der Waals surface area contributed by atoms with E-state index in [1.807, 2.05) is 6.07 Å². The lowest BCUT2D eigenvalue weighted by atomic mass is 10.2. The molecule has 0 saturated carbocycles. The summed E-state index contributed by atoms with van der Waals surface area (Å²) in [5.74, 6) is 4.28. The number of aromatic nitrogens is 4. The lowest BCUT2D eigenvalue weighted by Crippen LogP contribution is -2.11. The Kier molecular flexibility index (Phi) is 3.95. The smallest absolute Gasteiger partial charge is 0.172 e. The van der Waals surface area contributed by atoms with Gasteiger partial charge in [0.05, 0.1) is 17.2 Å². The maximum Gasteiger partial charge on any atom is 0.172 e. The molecular weight excluding hydrogens is 352 g/mol. The summed E-state index contributed by atoms with van der Waals surface area (Å²) in [6.45, 7) is 0. The van der Waals surface area contributed by atoms with Crippen molar-refractivity contribution in [3.63, 3.8) is 0 Å². The Morgan fingerprint density at radius 2 is 1.85 bits per heavy atom. The topological polar surface area (TPSA) is 105 Å². The van der Waals surface area contributed by atoms with Gasteiger partial charge in [0.15, 0.2) is 22.8 Å². The van der Waals surface area contributed by atoms with Crippen molar-refractivity contribution < 1.29 is 8.78 Å². The first kappa shape index (κ1) is 16.6. The molecule has 0 aliphatic carbocycles. The Morgan fingerprint density at radius 3 is 2.52 bits per heavy atom. The van der Waals surface area contributed by atoms with Crippen LogP contribution in [0.25, 0.3) is 28.2 Å². The summed E-state index contributed by atoms with van der Waals surface area (Å²) in [6, 6.07) is 12.0. The van der Waals surface area contributed by atoms with Gasteiger partial charge < -0.3 is 5.43 Å². The number of benzene rings is 2. The van der Waals surface area contributed by atoms with Crippen LogP contribution in [-0.4, -0.2) is 19.5 Å². The number of nitrogens with one attached hydrogen (secondary N) is 1. The molecule has 0 spiro atoms. The van der Waals surface area contributed by atoms with E-state index in [1.54, 1.807) is 28.8 Å². The normalized spacial score (nSPS) is 10.7. The number of halogens is 2. The van der Waals surface area contributed by atoms with Crippen LogP contribution in [0.2, 0.25) is 0 Å². The van der Waals surface area contributed by atoms with Crippen LogP contribution in [0.15, 0.2) is 48.8 Å². The molecule has 0 bridgehead atoms. The predicted molar refractivity (Wildman–Crippen MR) is 94.5 cm³/mol. The van der Waals surface area contributed by atoms with Crippen molar-refractivity contribution in [3.05, 3.63) is 66.0 Å². The first-order chi connectivity index (χ1) is 13.1. The Bertz CT molecular complexity index is 1190. The summed E-state index contributed by atoms with van der Waals surface area (Å²) in [6.07, 6.45) is 1.52. The Labute approximate surface area is 151 Å². The van der Waals surface area contributed by atoms with Gasteiger partial charge in [-0.2, -0.15) is 5.26 Å². The second-order valence-corrected chi connectivity index (χ2v) is 5.61. The molecule has 7 nitrogen and oxygen atoms in total. The molecule has 0 aliphatic heterocycles. The van der Waals surface area contributed by atoms with Gasteiger partial charge in [0.1, 0.15) is 18.0 Å². The van der Waals surface area contributed by atoms with E-state index in [1.165, 1.54) is 12.4 Å². The van der Waals surface area contributed by atoms with Gasteiger partial charge in [-0.25, -0.2) is 29.6 Å². The molecule has 2 aromatic carbocycles. The molecule has 0 unspecified atom stereocenters. The molecule has 0 aliphatic rings. The van der Waals surface area contributed by atoms with Crippen molar-refractivity contribution >= 4 is 17.0 Å². The molecule has 0 fully saturated rings. The summed E-state index contributed by atoms with van der Waals surface area (Å²) in [7, 11) is 0. The number of hydrogen-bond acceptors (Lipinski definition) is 6. The molecule has 0 saturated heterocycles. The SMILES string of the molecule is N#Cc1ccc(-n2cnc3c(NN)nc(-c4ccc(F)cc4F)nc32)cc1. The minimum atomic E-state index is -0.790. The second-order valence-electron chi connectivity index (χ2n) is 5.61. The van der Waals surface area contributed by atoms with Crippen LogP contribution in [0, 0.1) is 23.0 Å². The molecule has 27 heavy (non-hydrogen) atoms. The van der Waals surface area contributed by atoms with E-state index in [4.69, 9.17) is 11.1 Å². The zero-order valence-electron chi connectivity index (χ0n) is 13.7. The van der Waals surface area contributed by atoms with E-state index in [-0.39, 0.29) is 17.2 Å². The Hall–Kier alpha value is -3.90. The van der Waals surface area contributed by atoms with Gasteiger partial charge in [-0.05, 0) is 36.4 Å². The zero-order valence-corrected chi connectivity index (χ0v) is 13.7. The van der Waals surface area contributed by atoms with Crippen molar-refractivity contribution in [2.75, 3.05) is 5.43 Å². The average molecular weight is 363 g/mol. The summed E-state index contributed by atoms with van der Waals surface area (Å²) in [5.41, 5.74) is 4.42. The fraction of sp³-hybridized carbons (Fsp3) is 0. The minimum absolute atomic E-state index is 0.0300. The maximum atomic E-state index is 14.2. The number of imidazole rings is 1. The van der Waals surface area contributed by atoms with Crippen LogP contribution in [0.1, 0.15) is 5.56 Å².